The number of rotatable bonds is 4. The minimum atomic E-state index is -4.74. The maximum Gasteiger partial charge on any atom is 0.409 e. The van der Waals surface area contributed by atoms with E-state index in [1.807, 2.05) is 0 Å². The Labute approximate surface area is 225 Å². The van der Waals surface area contributed by atoms with E-state index in [9.17, 15) is 31.1 Å². The molecule has 0 aromatic heterocycles. The Morgan fingerprint density at radius 3 is 2.49 bits per heavy atom. The van der Waals surface area contributed by atoms with Crippen LogP contribution in [0.2, 0.25) is 10.0 Å². The molecule has 3 atom stereocenters. The molecule has 1 amide bonds. The maximum atomic E-state index is 14.4. The van der Waals surface area contributed by atoms with E-state index in [0.717, 1.165) is 23.3 Å². The van der Waals surface area contributed by atoms with Gasteiger partial charge in [0.25, 0.3) is 0 Å². The van der Waals surface area contributed by atoms with Crippen molar-refractivity contribution in [3.8, 4) is 0 Å². The van der Waals surface area contributed by atoms with Crippen LogP contribution < -0.4 is 0 Å². The Hall–Kier alpha value is -1.70. The summed E-state index contributed by atoms with van der Waals surface area (Å²) < 4.78 is 85.0. The molecule has 5 rings (SSSR count). The molecule has 2 unspecified atom stereocenters. The first-order valence-corrected chi connectivity index (χ1v) is 13.6. The monoisotopic (exact) mass is 596 g/mol. The van der Waals surface area contributed by atoms with Gasteiger partial charge in [0.1, 0.15) is 10.9 Å². The van der Waals surface area contributed by atoms with Crippen molar-refractivity contribution in [1.29, 1.82) is 0 Å². The minimum Gasteiger partial charge on any atom is -0.362 e. The van der Waals surface area contributed by atoms with Gasteiger partial charge >= 0.3 is 6.18 Å². The minimum absolute atomic E-state index is 0.195. The first-order valence-electron chi connectivity index (χ1n) is 10.9. The molecule has 2 aromatic carbocycles. The van der Waals surface area contributed by atoms with Crippen molar-refractivity contribution in [2.75, 3.05) is 13.1 Å². The number of carbonyl (C=O) groups excluding carboxylic acids is 1. The summed E-state index contributed by atoms with van der Waals surface area (Å²) in [6.07, 6.45) is -5.25. The normalized spacial score (nSPS) is 24.0. The van der Waals surface area contributed by atoms with Crippen LogP contribution in [0.15, 0.2) is 34.7 Å². The van der Waals surface area contributed by atoms with E-state index >= 15 is 0 Å². The number of nitrogens with zero attached hydrogens (tertiary/aromatic N) is 2. The summed E-state index contributed by atoms with van der Waals surface area (Å²) in [6, 6.07) is 6.98. The number of halogens is 6. The lowest BCUT2D eigenvalue weighted by Crippen LogP contribution is -2.63. The molecule has 3 aliphatic heterocycles. The highest BCUT2D eigenvalue weighted by Gasteiger charge is 2.60. The molecule has 37 heavy (non-hydrogen) atoms. The number of likely N-dealkylation sites (tertiary alicyclic amines) is 1. The quantitative estimate of drug-likeness (QED) is 0.215. The van der Waals surface area contributed by atoms with Gasteiger partial charge < -0.3 is 14.2 Å². The average molecular weight is 597 g/mol. The van der Waals surface area contributed by atoms with Gasteiger partial charge in [0, 0.05) is 6.42 Å². The summed E-state index contributed by atoms with van der Waals surface area (Å²) in [7, 11) is 0. The van der Waals surface area contributed by atoms with Crippen molar-refractivity contribution < 1.29 is 35.9 Å². The van der Waals surface area contributed by atoms with E-state index in [-0.39, 0.29) is 31.0 Å². The van der Waals surface area contributed by atoms with Gasteiger partial charge in [-0.2, -0.15) is 13.2 Å². The summed E-state index contributed by atoms with van der Waals surface area (Å²) in [6.45, 7) is 1.98. The third kappa shape index (κ3) is 4.29. The second kappa shape index (κ2) is 9.20. The Balaban J connectivity index is 1.39. The fourth-order valence-corrected chi connectivity index (χ4v) is 6.58. The maximum absolute atomic E-state index is 14.4. The second-order valence-corrected chi connectivity index (χ2v) is 12.3. The fraction of sp³-hybridized carbons (Fsp3) is 0.391. The number of alkyl halides is 3. The third-order valence-electron chi connectivity index (χ3n) is 6.92. The number of ether oxygens (including phenoxy) is 1. The number of hydrogen-bond acceptors (Lipinski definition) is 5. The molecule has 6 nitrogen and oxygen atoms in total. The molecule has 14 heteroatoms. The molecule has 1 saturated heterocycles. The summed E-state index contributed by atoms with van der Waals surface area (Å²) in [5.74, 6) is -1.45. The molecular weight excluding hydrogens is 579 g/mol. The predicted octanol–water partition coefficient (Wildman–Crippen LogP) is 5.61. The fourth-order valence-electron chi connectivity index (χ4n) is 4.81. The Morgan fingerprint density at radius 1 is 1.24 bits per heavy atom. The summed E-state index contributed by atoms with van der Waals surface area (Å²) in [5.41, 5.74) is 1.20. The molecular formula is C23H18Cl2F4N2O4S2. The van der Waals surface area contributed by atoms with E-state index in [2.05, 4.69) is 4.40 Å². The van der Waals surface area contributed by atoms with Gasteiger partial charge in [-0.15, -0.1) is 0 Å². The largest absolute Gasteiger partial charge is 0.409 e. The van der Waals surface area contributed by atoms with Crippen LogP contribution >= 0.6 is 35.1 Å². The summed E-state index contributed by atoms with van der Waals surface area (Å²) in [5, 5.41) is -2.07. The molecule has 0 radical (unpaired) electrons. The SMILES string of the molecule is C[C@@H](C(=O)N1CC2(C1)OCc1cc(C3=NSC(c4cc(Cl)c(F)c(Cl)c4)(C(F)(F)F)C3)ccc12)S(=O)O. The molecule has 198 valence electrons. The molecule has 3 heterocycles. The van der Waals surface area contributed by atoms with Gasteiger partial charge in [0.2, 0.25) is 5.91 Å². The van der Waals surface area contributed by atoms with Gasteiger partial charge in [-0.05, 0) is 59.3 Å². The zero-order chi connectivity index (χ0) is 26.9. The van der Waals surface area contributed by atoms with E-state index in [1.54, 1.807) is 18.2 Å². The van der Waals surface area contributed by atoms with Crippen LogP contribution in [0.25, 0.3) is 0 Å². The number of benzene rings is 2. The third-order valence-corrected chi connectivity index (χ3v) is 9.52. The van der Waals surface area contributed by atoms with Crippen molar-refractivity contribution in [1.82, 2.24) is 4.90 Å². The lowest BCUT2D eigenvalue weighted by Gasteiger charge is -2.48. The Bertz CT molecular complexity index is 1340. The molecule has 0 saturated carbocycles. The van der Waals surface area contributed by atoms with Crippen LogP contribution in [-0.4, -0.2) is 49.8 Å². The van der Waals surface area contributed by atoms with Crippen molar-refractivity contribution in [3.63, 3.8) is 0 Å². The molecule has 1 spiro atoms. The van der Waals surface area contributed by atoms with Gasteiger partial charge in [0.05, 0.1) is 35.5 Å². The highest BCUT2D eigenvalue weighted by Crippen LogP contribution is 2.57. The molecule has 1 N–H and O–H groups in total. The first kappa shape index (κ1) is 26.9. The molecule has 3 aliphatic rings. The average Bonchev–Trinajstić information content (AvgIpc) is 3.43. The smallest absolute Gasteiger partial charge is 0.362 e. The Kier molecular flexibility index (Phi) is 6.69. The van der Waals surface area contributed by atoms with Crippen LogP contribution in [-0.2, 0) is 37.6 Å². The van der Waals surface area contributed by atoms with Crippen molar-refractivity contribution in [2.24, 2.45) is 4.40 Å². The summed E-state index contributed by atoms with van der Waals surface area (Å²) in [4.78, 5) is 13.8. The lowest BCUT2D eigenvalue weighted by molar-refractivity contribution is -0.168. The van der Waals surface area contributed by atoms with Crippen LogP contribution in [0.5, 0.6) is 0 Å². The molecule has 0 aliphatic carbocycles. The second-order valence-electron chi connectivity index (χ2n) is 9.15. The van der Waals surface area contributed by atoms with E-state index < -0.39 is 61.0 Å². The Morgan fingerprint density at radius 2 is 1.89 bits per heavy atom. The van der Waals surface area contributed by atoms with Crippen LogP contribution in [0.4, 0.5) is 17.6 Å². The number of hydrogen-bond donors (Lipinski definition) is 1. The van der Waals surface area contributed by atoms with Gasteiger partial charge in [-0.25, -0.2) is 13.0 Å². The standard InChI is InChI=1S/C23H18Cl2F4N2O4S2/c1-11(37(33)34)20(32)31-9-21(10-31)15-3-2-12(4-13(15)8-35-21)18-7-22(36-30-18,23(27,28)29)14-5-16(24)19(26)17(25)6-14/h2-6,11H,7-10H2,1H3,(H,33,34)/t11-,22?/m0/s1. The van der Waals surface area contributed by atoms with Gasteiger partial charge in [-0.3, -0.25) is 4.79 Å². The molecule has 1 fully saturated rings. The number of fused-ring (bicyclic) bond motifs is 2. The van der Waals surface area contributed by atoms with Crippen molar-refractivity contribution in [2.45, 2.75) is 41.7 Å². The lowest BCUT2D eigenvalue weighted by atomic mass is 9.83. The topological polar surface area (TPSA) is 79.2 Å². The van der Waals surface area contributed by atoms with Crippen LogP contribution in [0.1, 0.15) is 35.6 Å². The van der Waals surface area contributed by atoms with Gasteiger partial charge in [0.15, 0.2) is 21.6 Å². The van der Waals surface area contributed by atoms with E-state index in [0.29, 0.717) is 17.5 Å². The van der Waals surface area contributed by atoms with Crippen LogP contribution in [0, 0.1) is 5.82 Å². The zero-order valence-electron chi connectivity index (χ0n) is 18.9. The predicted molar refractivity (Wildman–Crippen MR) is 133 cm³/mol. The zero-order valence-corrected chi connectivity index (χ0v) is 22.1. The van der Waals surface area contributed by atoms with E-state index in [4.69, 9.17) is 27.9 Å². The summed E-state index contributed by atoms with van der Waals surface area (Å²) >= 11 is 9.64. The number of amides is 1. The van der Waals surface area contributed by atoms with Gasteiger partial charge in [-0.1, -0.05) is 35.3 Å². The van der Waals surface area contributed by atoms with Crippen molar-refractivity contribution in [3.05, 3.63) is 68.4 Å². The molecule has 2 aromatic rings. The highest BCUT2D eigenvalue weighted by atomic mass is 35.5. The van der Waals surface area contributed by atoms with E-state index in [1.165, 1.54) is 11.8 Å². The first-order chi connectivity index (χ1) is 17.3. The number of carbonyl (C=O) groups is 1. The van der Waals surface area contributed by atoms with Crippen LogP contribution in [0.3, 0.4) is 0 Å². The van der Waals surface area contributed by atoms with Crippen molar-refractivity contribution >= 4 is 57.8 Å². The molecule has 0 bridgehead atoms. The highest BCUT2D eigenvalue weighted by molar-refractivity contribution is 7.99.